The van der Waals surface area contributed by atoms with Crippen molar-refractivity contribution in [1.29, 1.82) is 0 Å². The average Bonchev–Trinajstić information content (AvgIpc) is 2.84. The normalized spacial score (nSPS) is 11.7. The number of esters is 1. The first-order chi connectivity index (χ1) is 17.1. The van der Waals surface area contributed by atoms with E-state index in [2.05, 4.69) is 0 Å². The third-order valence-corrected chi connectivity index (χ3v) is 6.13. The standard InChI is InChI=1S/C29H19F3O4/c1-16-10-11-19(14-17(16)2)28(34)35-20-12-13-23-24(15-20)36-27(29(30,31)32)25(26(23)33)22-9-5-7-18-6-3-4-8-21(18)22/h3-15H,1-2H3. The van der Waals surface area contributed by atoms with Gasteiger partial charge < -0.3 is 9.15 Å². The largest absolute Gasteiger partial charge is 0.450 e. The van der Waals surface area contributed by atoms with Crippen molar-refractivity contribution in [3.05, 3.63) is 112 Å². The number of benzene rings is 4. The van der Waals surface area contributed by atoms with Gasteiger partial charge in [-0.1, -0.05) is 48.5 Å². The van der Waals surface area contributed by atoms with Crippen LogP contribution in [-0.4, -0.2) is 5.97 Å². The van der Waals surface area contributed by atoms with E-state index in [1.54, 1.807) is 54.6 Å². The molecule has 0 fully saturated rings. The summed E-state index contributed by atoms with van der Waals surface area (Å²) in [6.45, 7) is 3.75. The molecule has 0 radical (unpaired) electrons. The molecule has 0 aliphatic heterocycles. The number of alkyl halides is 3. The van der Waals surface area contributed by atoms with Crippen LogP contribution in [0.2, 0.25) is 0 Å². The fourth-order valence-corrected chi connectivity index (χ4v) is 4.16. The number of rotatable bonds is 3. The van der Waals surface area contributed by atoms with Crippen LogP contribution in [0.3, 0.4) is 0 Å². The number of ether oxygens (including phenoxy) is 1. The summed E-state index contributed by atoms with van der Waals surface area (Å²) in [5, 5.41) is 1.13. The van der Waals surface area contributed by atoms with E-state index in [1.165, 1.54) is 18.2 Å². The number of fused-ring (bicyclic) bond motifs is 2. The topological polar surface area (TPSA) is 56.5 Å². The van der Waals surface area contributed by atoms with Crippen LogP contribution in [0.25, 0.3) is 32.9 Å². The molecule has 7 heteroatoms. The van der Waals surface area contributed by atoms with Crippen molar-refractivity contribution >= 4 is 27.7 Å². The Morgan fingerprint density at radius 3 is 2.33 bits per heavy atom. The van der Waals surface area contributed by atoms with E-state index in [9.17, 15) is 22.8 Å². The van der Waals surface area contributed by atoms with Gasteiger partial charge in [-0.25, -0.2) is 4.79 Å². The molecule has 0 spiro atoms. The second-order valence-corrected chi connectivity index (χ2v) is 8.51. The average molecular weight is 488 g/mol. The summed E-state index contributed by atoms with van der Waals surface area (Å²) in [7, 11) is 0. The van der Waals surface area contributed by atoms with Crippen LogP contribution >= 0.6 is 0 Å². The van der Waals surface area contributed by atoms with Gasteiger partial charge in [-0.2, -0.15) is 13.2 Å². The van der Waals surface area contributed by atoms with Gasteiger partial charge in [0.05, 0.1) is 16.5 Å². The van der Waals surface area contributed by atoms with Gasteiger partial charge in [0.15, 0.2) is 0 Å². The molecule has 0 aliphatic rings. The maximum Gasteiger partial charge on any atom is 0.450 e. The van der Waals surface area contributed by atoms with Crippen LogP contribution in [0, 0.1) is 13.8 Å². The molecule has 5 rings (SSSR count). The van der Waals surface area contributed by atoms with E-state index in [1.807, 2.05) is 13.8 Å². The first kappa shape index (κ1) is 23.4. The van der Waals surface area contributed by atoms with Crippen molar-refractivity contribution in [2.24, 2.45) is 0 Å². The SMILES string of the molecule is Cc1ccc(C(=O)Oc2ccc3c(=O)c(-c4cccc5ccccc45)c(C(F)(F)F)oc3c2)cc1C. The molecule has 36 heavy (non-hydrogen) atoms. The van der Waals surface area contributed by atoms with Crippen molar-refractivity contribution in [1.82, 2.24) is 0 Å². The summed E-state index contributed by atoms with van der Waals surface area (Å²) in [6, 6.07) is 20.5. The zero-order chi connectivity index (χ0) is 25.6. The summed E-state index contributed by atoms with van der Waals surface area (Å²) >= 11 is 0. The summed E-state index contributed by atoms with van der Waals surface area (Å²) < 4.78 is 53.0. The third kappa shape index (κ3) is 4.13. The van der Waals surface area contributed by atoms with Gasteiger partial charge in [0.25, 0.3) is 0 Å². The summed E-state index contributed by atoms with van der Waals surface area (Å²) in [5.41, 5.74) is 0.592. The first-order valence-corrected chi connectivity index (χ1v) is 11.1. The molecule has 4 nitrogen and oxygen atoms in total. The number of halogens is 3. The van der Waals surface area contributed by atoms with Crippen LogP contribution < -0.4 is 10.2 Å². The molecule has 0 saturated heterocycles. The Labute approximate surface area is 203 Å². The lowest BCUT2D eigenvalue weighted by Crippen LogP contribution is -2.16. The Morgan fingerprint density at radius 1 is 0.833 bits per heavy atom. The highest BCUT2D eigenvalue weighted by Gasteiger charge is 2.39. The van der Waals surface area contributed by atoms with E-state index in [0.29, 0.717) is 16.3 Å². The van der Waals surface area contributed by atoms with E-state index in [0.717, 1.165) is 17.2 Å². The van der Waals surface area contributed by atoms with Gasteiger partial charge in [-0.15, -0.1) is 0 Å². The Bertz CT molecular complexity index is 1710. The number of hydrogen-bond donors (Lipinski definition) is 0. The van der Waals surface area contributed by atoms with Gasteiger partial charge in [0, 0.05) is 6.07 Å². The molecule has 1 aromatic heterocycles. The summed E-state index contributed by atoms with van der Waals surface area (Å²) in [5.74, 6) is -2.13. The van der Waals surface area contributed by atoms with E-state index < -0.39 is 28.9 Å². The Balaban J connectivity index is 1.65. The maximum absolute atomic E-state index is 14.1. The lowest BCUT2D eigenvalue weighted by atomic mass is 9.96. The Hall–Kier alpha value is -4.39. The van der Waals surface area contributed by atoms with Crippen molar-refractivity contribution in [3.63, 3.8) is 0 Å². The van der Waals surface area contributed by atoms with Gasteiger partial charge in [0.2, 0.25) is 11.2 Å². The molecule has 0 atom stereocenters. The minimum Gasteiger partial charge on any atom is -0.450 e. The number of hydrogen-bond acceptors (Lipinski definition) is 4. The fourth-order valence-electron chi connectivity index (χ4n) is 4.16. The van der Waals surface area contributed by atoms with Gasteiger partial charge in [-0.3, -0.25) is 4.79 Å². The Morgan fingerprint density at radius 2 is 1.58 bits per heavy atom. The van der Waals surface area contributed by atoms with Crippen molar-refractivity contribution < 1.29 is 27.1 Å². The lowest BCUT2D eigenvalue weighted by Gasteiger charge is -2.15. The summed E-state index contributed by atoms with van der Waals surface area (Å²) in [4.78, 5) is 26.0. The number of carbonyl (C=O) groups is 1. The molecule has 0 unspecified atom stereocenters. The Kier molecular flexibility index (Phi) is 5.63. The molecule has 0 aliphatic carbocycles. The van der Waals surface area contributed by atoms with E-state index >= 15 is 0 Å². The third-order valence-electron chi connectivity index (χ3n) is 6.13. The summed E-state index contributed by atoms with van der Waals surface area (Å²) in [6.07, 6.45) is -4.94. The zero-order valence-corrected chi connectivity index (χ0v) is 19.3. The molecule has 0 bridgehead atoms. The van der Waals surface area contributed by atoms with Crippen LogP contribution in [0.5, 0.6) is 5.75 Å². The monoisotopic (exact) mass is 488 g/mol. The molecular formula is C29H19F3O4. The molecule has 4 aromatic carbocycles. The zero-order valence-electron chi connectivity index (χ0n) is 19.3. The van der Waals surface area contributed by atoms with E-state index in [-0.39, 0.29) is 22.3 Å². The predicted molar refractivity (Wildman–Crippen MR) is 131 cm³/mol. The molecule has 180 valence electrons. The predicted octanol–water partition coefficient (Wildman–Crippen LogP) is 7.47. The van der Waals surface area contributed by atoms with Crippen LogP contribution in [0.1, 0.15) is 27.2 Å². The fraction of sp³-hybridized carbons (Fsp3) is 0.103. The highest BCUT2D eigenvalue weighted by Crippen LogP contribution is 2.39. The number of aryl methyl sites for hydroxylation is 2. The quantitative estimate of drug-likeness (QED) is 0.195. The van der Waals surface area contributed by atoms with Gasteiger partial charge >= 0.3 is 12.1 Å². The molecule has 1 heterocycles. The molecule has 0 saturated carbocycles. The minimum atomic E-state index is -4.94. The molecule has 5 aromatic rings. The van der Waals surface area contributed by atoms with Gasteiger partial charge in [0.1, 0.15) is 11.3 Å². The minimum absolute atomic E-state index is 0.0417. The highest BCUT2D eigenvalue weighted by molar-refractivity contribution is 5.99. The van der Waals surface area contributed by atoms with Gasteiger partial charge in [-0.05, 0) is 65.6 Å². The van der Waals surface area contributed by atoms with Crippen molar-refractivity contribution in [3.8, 4) is 16.9 Å². The number of carbonyl (C=O) groups excluding carboxylic acids is 1. The second kappa shape index (κ2) is 8.68. The smallest absolute Gasteiger partial charge is 0.450 e. The molecular weight excluding hydrogens is 469 g/mol. The second-order valence-electron chi connectivity index (χ2n) is 8.51. The van der Waals surface area contributed by atoms with Crippen LogP contribution in [0.4, 0.5) is 13.2 Å². The van der Waals surface area contributed by atoms with E-state index in [4.69, 9.17) is 9.15 Å². The molecule has 0 N–H and O–H groups in total. The maximum atomic E-state index is 14.1. The highest BCUT2D eigenvalue weighted by atomic mass is 19.4. The van der Waals surface area contributed by atoms with Crippen LogP contribution in [-0.2, 0) is 6.18 Å². The van der Waals surface area contributed by atoms with Crippen molar-refractivity contribution in [2.45, 2.75) is 20.0 Å². The lowest BCUT2D eigenvalue weighted by molar-refractivity contribution is -0.152. The molecule has 0 amide bonds. The van der Waals surface area contributed by atoms with Crippen LogP contribution in [0.15, 0.2) is 88.1 Å². The first-order valence-electron chi connectivity index (χ1n) is 11.1. The van der Waals surface area contributed by atoms with Crippen molar-refractivity contribution in [2.75, 3.05) is 0 Å².